The van der Waals surface area contributed by atoms with Crippen LogP contribution in [0.5, 0.6) is 0 Å². The number of amides is 1. The molecule has 0 saturated carbocycles. The van der Waals surface area contributed by atoms with E-state index in [1.54, 1.807) is 18.0 Å². The molecule has 0 unspecified atom stereocenters. The van der Waals surface area contributed by atoms with E-state index >= 15 is 0 Å². The van der Waals surface area contributed by atoms with Crippen LogP contribution in [0.2, 0.25) is 0 Å². The molecule has 0 spiro atoms. The van der Waals surface area contributed by atoms with Crippen LogP contribution in [-0.2, 0) is 6.54 Å². The number of carbonyl (C=O) groups is 1. The number of hydrogen-bond acceptors (Lipinski definition) is 2. The molecule has 18 heavy (non-hydrogen) atoms. The molecule has 92 valence electrons. The van der Waals surface area contributed by atoms with Gasteiger partial charge in [0.1, 0.15) is 0 Å². The molecule has 0 radical (unpaired) electrons. The second-order valence-corrected chi connectivity index (χ2v) is 4.65. The van der Waals surface area contributed by atoms with Gasteiger partial charge in [0.2, 0.25) is 0 Å². The molecule has 0 aliphatic carbocycles. The first-order valence-electron chi connectivity index (χ1n) is 5.76. The molecule has 2 nitrogen and oxygen atoms in total. The third kappa shape index (κ3) is 2.93. The van der Waals surface area contributed by atoms with E-state index < -0.39 is 0 Å². The van der Waals surface area contributed by atoms with Crippen molar-refractivity contribution >= 4 is 18.5 Å². The van der Waals surface area contributed by atoms with E-state index in [-0.39, 0.29) is 5.91 Å². The molecule has 2 aromatic rings. The first kappa shape index (κ1) is 12.7. The zero-order valence-corrected chi connectivity index (χ0v) is 11.1. The lowest BCUT2D eigenvalue weighted by atomic mass is 10.1. The van der Waals surface area contributed by atoms with Gasteiger partial charge in [0.25, 0.3) is 5.91 Å². The lowest BCUT2D eigenvalue weighted by Gasteiger charge is -2.18. The molecular formula is C15H15NOS. The summed E-state index contributed by atoms with van der Waals surface area (Å²) in [5, 5.41) is 0. The minimum absolute atomic E-state index is 0.00977. The van der Waals surface area contributed by atoms with Gasteiger partial charge in [-0.3, -0.25) is 4.79 Å². The summed E-state index contributed by atoms with van der Waals surface area (Å²) in [7, 11) is 1.80. The highest BCUT2D eigenvalue weighted by Crippen LogP contribution is 2.15. The van der Waals surface area contributed by atoms with Gasteiger partial charge in [-0.2, -0.15) is 0 Å². The molecule has 3 heteroatoms. The molecule has 0 saturated heterocycles. The van der Waals surface area contributed by atoms with E-state index in [0.29, 0.717) is 17.0 Å². The molecule has 0 bridgehead atoms. The number of nitrogens with zero attached hydrogens (tertiary/aromatic N) is 1. The van der Waals surface area contributed by atoms with Crippen molar-refractivity contribution in [2.45, 2.75) is 11.4 Å². The molecule has 0 N–H and O–H groups in total. The first-order chi connectivity index (χ1) is 8.68. The molecular weight excluding hydrogens is 242 g/mol. The van der Waals surface area contributed by atoms with Crippen molar-refractivity contribution in [3.05, 3.63) is 65.7 Å². The van der Waals surface area contributed by atoms with Gasteiger partial charge in [-0.05, 0) is 17.7 Å². The highest BCUT2D eigenvalue weighted by molar-refractivity contribution is 7.80. The number of thiol groups is 1. The van der Waals surface area contributed by atoms with E-state index in [1.165, 1.54) is 0 Å². The van der Waals surface area contributed by atoms with Crippen LogP contribution in [0.25, 0.3) is 0 Å². The van der Waals surface area contributed by atoms with Gasteiger partial charge in [0.05, 0.1) is 5.56 Å². The number of benzene rings is 2. The number of rotatable bonds is 3. The highest BCUT2D eigenvalue weighted by atomic mass is 32.1. The highest BCUT2D eigenvalue weighted by Gasteiger charge is 2.13. The Kier molecular flexibility index (Phi) is 4.05. The van der Waals surface area contributed by atoms with Crippen molar-refractivity contribution in [3.8, 4) is 0 Å². The smallest absolute Gasteiger partial charge is 0.255 e. The fourth-order valence-corrected chi connectivity index (χ4v) is 2.05. The maximum absolute atomic E-state index is 12.2. The fraction of sp³-hybridized carbons (Fsp3) is 0.133. The molecule has 0 aliphatic heterocycles. The van der Waals surface area contributed by atoms with Gasteiger partial charge in [-0.15, -0.1) is 12.6 Å². The molecule has 2 aromatic carbocycles. The van der Waals surface area contributed by atoms with Crippen molar-refractivity contribution in [2.75, 3.05) is 7.05 Å². The minimum Gasteiger partial charge on any atom is -0.337 e. The van der Waals surface area contributed by atoms with Crippen LogP contribution in [0.4, 0.5) is 0 Å². The number of hydrogen-bond donors (Lipinski definition) is 1. The molecule has 0 aromatic heterocycles. The van der Waals surface area contributed by atoms with E-state index in [1.807, 2.05) is 48.5 Å². The van der Waals surface area contributed by atoms with Crippen LogP contribution < -0.4 is 0 Å². The summed E-state index contributed by atoms with van der Waals surface area (Å²) in [5.74, 6) is -0.00977. The molecule has 0 aliphatic rings. The van der Waals surface area contributed by atoms with E-state index in [2.05, 4.69) is 12.6 Å². The second-order valence-electron chi connectivity index (χ2n) is 4.16. The fourth-order valence-electron chi connectivity index (χ4n) is 1.79. The topological polar surface area (TPSA) is 20.3 Å². The lowest BCUT2D eigenvalue weighted by Crippen LogP contribution is -2.26. The number of carbonyl (C=O) groups excluding carboxylic acids is 1. The quantitative estimate of drug-likeness (QED) is 0.837. The normalized spacial score (nSPS) is 10.1. The van der Waals surface area contributed by atoms with Crippen molar-refractivity contribution in [1.29, 1.82) is 0 Å². The molecule has 2 rings (SSSR count). The van der Waals surface area contributed by atoms with Gasteiger partial charge in [0.15, 0.2) is 0 Å². The third-order valence-corrected chi connectivity index (χ3v) is 3.13. The predicted molar refractivity (Wildman–Crippen MR) is 75.9 cm³/mol. The monoisotopic (exact) mass is 257 g/mol. The summed E-state index contributed by atoms with van der Waals surface area (Å²) >= 11 is 4.31. The minimum atomic E-state index is -0.00977. The Labute approximate surface area is 113 Å². The summed E-state index contributed by atoms with van der Waals surface area (Å²) in [6, 6.07) is 17.3. The van der Waals surface area contributed by atoms with E-state index in [4.69, 9.17) is 0 Å². The molecule has 0 fully saturated rings. The van der Waals surface area contributed by atoms with Gasteiger partial charge < -0.3 is 4.90 Å². The summed E-state index contributed by atoms with van der Waals surface area (Å²) in [4.78, 5) is 14.7. The van der Waals surface area contributed by atoms with Gasteiger partial charge in [0, 0.05) is 18.5 Å². The Hall–Kier alpha value is -1.74. The Morgan fingerprint density at radius 2 is 1.67 bits per heavy atom. The molecule has 0 atom stereocenters. The van der Waals surface area contributed by atoms with E-state index in [9.17, 15) is 4.79 Å². The predicted octanol–water partition coefficient (Wildman–Crippen LogP) is 3.25. The lowest BCUT2D eigenvalue weighted by molar-refractivity contribution is 0.0782. The Morgan fingerprint density at radius 3 is 2.33 bits per heavy atom. The summed E-state index contributed by atoms with van der Waals surface area (Å²) in [6.45, 7) is 0.599. The van der Waals surface area contributed by atoms with Crippen LogP contribution in [0.1, 0.15) is 15.9 Å². The molecule has 0 heterocycles. The average Bonchev–Trinajstić information content (AvgIpc) is 2.39. The average molecular weight is 257 g/mol. The van der Waals surface area contributed by atoms with Crippen molar-refractivity contribution < 1.29 is 4.79 Å². The van der Waals surface area contributed by atoms with Crippen LogP contribution in [0.15, 0.2) is 59.5 Å². The van der Waals surface area contributed by atoms with Crippen LogP contribution in [0, 0.1) is 0 Å². The third-order valence-electron chi connectivity index (χ3n) is 2.74. The van der Waals surface area contributed by atoms with Crippen molar-refractivity contribution in [1.82, 2.24) is 4.90 Å². The van der Waals surface area contributed by atoms with Crippen molar-refractivity contribution in [3.63, 3.8) is 0 Å². The summed E-state index contributed by atoms with van der Waals surface area (Å²) < 4.78 is 0. The van der Waals surface area contributed by atoms with Gasteiger partial charge in [-0.1, -0.05) is 42.5 Å². The summed E-state index contributed by atoms with van der Waals surface area (Å²) in [6.07, 6.45) is 0. The maximum atomic E-state index is 12.2. The van der Waals surface area contributed by atoms with Crippen molar-refractivity contribution in [2.24, 2.45) is 0 Å². The van der Waals surface area contributed by atoms with E-state index in [0.717, 1.165) is 5.56 Å². The Morgan fingerprint density at radius 1 is 1.06 bits per heavy atom. The van der Waals surface area contributed by atoms with Crippen LogP contribution >= 0.6 is 12.6 Å². The van der Waals surface area contributed by atoms with Crippen LogP contribution in [0.3, 0.4) is 0 Å². The SMILES string of the molecule is CN(Cc1ccccc1)C(=O)c1ccccc1S. The standard InChI is InChI=1S/C15H15NOS/c1-16(11-12-7-3-2-4-8-12)15(17)13-9-5-6-10-14(13)18/h2-10,18H,11H2,1H3. The largest absolute Gasteiger partial charge is 0.337 e. The van der Waals surface area contributed by atoms with Gasteiger partial charge >= 0.3 is 0 Å². The Balaban J connectivity index is 2.13. The summed E-state index contributed by atoms with van der Waals surface area (Å²) in [5.41, 5.74) is 1.75. The zero-order chi connectivity index (χ0) is 13.0. The van der Waals surface area contributed by atoms with Crippen LogP contribution in [-0.4, -0.2) is 17.9 Å². The Bertz CT molecular complexity index is 539. The maximum Gasteiger partial charge on any atom is 0.255 e. The second kappa shape index (κ2) is 5.74. The van der Waals surface area contributed by atoms with Gasteiger partial charge in [-0.25, -0.2) is 0 Å². The molecule has 1 amide bonds. The first-order valence-corrected chi connectivity index (χ1v) is 6.20. The zero-order valence-electron chi connectivity index (χ0n) is 10.2.